The van der Waals surface area contributed by atoms with Gasteiger partial charge < -0.3 is 4.90 Å². The molecular formula is C11H9Cl2NO. The number of hydrogen-bond donors (Lipinski definition) is 0. The van der Waals surface area contributed by atoms with Crippen molar-refractivity contribution in [1.29, 1.82) is 0 Å². The van der Waals surface area contributed by atoms with Gasteiger partial charge in [-0.1, -0.05) is 40.9 Å². The number of halogens is 2. The number of aryl methyl sites for hydroxylation is 1. The highest BCUT2D eigenvalue weighted by Crippen LogP contribution is 2.29. The van der Waals surface area contributed by atoms with Gasteiger partial charge in [0.05, 0.1) is 11.6 Å². The van der Waals surface area contributed by atoms with Crippen molar-refractivity contribution in [2.75, 3.05) is 11.4 Å². The molecule has 15 heavy (non-hydrogen) atoms. The Hall–Kier alpha value is -0.990. The number of rotatable bonds is 1. The maximum atomic E-state index is 11.7. The van der Waals surface area contributed by atoms with Crippen LogP contribution in [0.5, 0.6) is 0 Å². The first kappa shape index (κ1) is 10.5. The molecule has 1 aromatic rings. The van der Waals surface area contributed by atoms with E-state index in [0.717, 1.165) is 11.3 Å². The molecule has 1 aliphatic heterocycles. The number of nitrogens with zero attached hydrogens (tertiary/aromatic N) is 1. The first-order valence-corrected chi connectivity index (χ1v) is 5.28. The van der Waals surface area contributed by atoms with Crippen LogP contribution in [0.15, 0.2) is 34.3 Å². The summed E-state index contributed by atoms with van der Waals surface area (Å²) in [5.74, 6) is -0.231. The zero-order valence-corrected chi connectivity index (χ0v) is 9.64. The third-order valence-corrected chi connectivity index (χ3v) is 3.11. The molecule has 1 amide bonds. The molecular weight excluding hydrogens is 233 g/mol. The highest BCUT2D eigenvalue weighted by atomic mass is 35.5. The highest BCUT2D eigenvalue weighted by Gasteiger charge is 2.29. The van der Waals surface area contributed by atoms with Crippen LogP contribution < -0.4 is 4.90 Å². The molecule has 0 saturated carbocycles. The number of benzene rings is 1. The Bertz CT molecular complexity index is 436. The number of carbonyl (C=O) groups excluding carboxylic acids is 1. The fraction of sp³-hybridized carbons (Fsp3) is 0.182. The molecule has 1 heterocycles. The summed E-state index contributed by atoms with van der Waals surface area (Å²) in [4.78, 5) is 13.2. The molecule has 0 bridgehead atoms. The summed E-state index contributed by atoms with van der Waals surface area (Å²) >= 11 is 11.6. The fourth-order valence-electron chi connectivity index (χ4n) is 1.45. The Labute approximate surface area is 98.1 Å². The molecule has 0 aliphatic carbocycles. The van der Waals surface area contributed by atoms with E-state index in [9.17, 15) is 4.79 Å². The zero-order chi connectivity index (χ0) is 11.0. The normalized spacial score (nSPS) is 16.5. The molecule has 0 N–H and O–H groups in total. The maximum Gasteiger partial charge on any atom is 0.271 e. The van der Waals surface area contributed by atoms with E-state index in [1.807, 2.05) is 31.2 Å². The molecule has 2 nitrogen and oxygen atoms in total. The van der Waals surface area contributed by atoms with Gasteiger partial charge in [0.25, 0.3) is 5.91 Å². The Balaban J connectivity index is 2.29. The molecule has 0 radical (unpaired) electrons. The summed E-state index contributed by atoms with van der Waals surface area (Å²) in [5, 5.41) is 0.527. The molecule has 0 saturated heterocycles. The monoisotopic (exact) mass is 241 g/mol. The zero-order valence-electron chi connectivity index (χ0n) is 8.13. The minimum atomic E-state index is -0.231. The largest absolute Gasteiger partial charge is 0.302 e. The van der Waals surface area contributed by atoms with Crippen molar-refractivity contribution in [3.8, 4) is 0 Å². The van der Waals surface area contributed by atoms with E-state index in [4.69, 9.17) is 23.2 Å². The van der Waals surface area contributed by atoms with Gasteiger partial charge in [0.15, 0.2) is 0 Å². The number of amides is 1. The molecule has 1 aliphatic rings. The SMILES string of the molecule is Cc1ccc(N2CC(Cl)=C(Cl)C2=O)cc1. The lowest BCUT2D eigenvalue weighted by Crippen LogP contribution is -2.25. The summed E-state index contributed by atoms with van der Waals surface area (Å²) in [6, 6.07) is 7.66. The minimum Gasteiger partial charge on any atom is -0.302 e. The summed E-state index contributed by atoms with van der Waals surface area (Å²) < 4.78 is 0. The third-order valence-electron chi connectivity index (χ3n) is 2.31. The summed E-state index contributed by atoms with van der Waals surface area (Å²) in [5.41, 5.74) is 1.97. The van der Waals surface area contributed by atoms with E-state index in [2.05, 4.69) is 0 Å². The number of hydrogen-bond acceptors (Lipinski definition) is 1. The Morgan fingerprint density at radius 3 is 2.27 bits per heavy atom. The van der Waals surface area contributed by atoms with E-state index < -0.39 is 0 Å². The molecule has 2 rings (SSSR count). The van der Waals surface area contributed by atoms with Gasteiger partial charge in [0.2, 0.25) is 0 Å². The smallest absolute Gasteiger partial charge is 0.271 e. The minimum absolute atomic E-state index is 0.122. The van der Waals surface area contributed by atoms with Crippen LogP contribution in [0.4, 0.5) is 5.69 Å². The third kappa shape index (κ3) is 1.87. The standard InChI is InChI=1S/C11H9Cl2NO/c1-7-2-4-8(5-3-7)14-6-9(12)10(13)11(14)15/h2-5H,6H2,1H3. The van der Waals surface area contributed by atoms with E-state index >= 15 is 0 Å². The molecule has 0 fully saturated rings. The molecule has 0 spiro atoms. The molecule has 1 aromatic carbocycles. The lowest BCUT2D eigenvalue weighted by atomic mass is 10.2. The second-order valence-corrected chi connectivity index (χ2v) is 4.28. The predicted octanol–water partition coefficient (Wildman–Crippen LogP) is 3.03. The molecule has 78 valence electrons. The van der Waals surface area contributed by atoms with Gasteiger partial charge in [-0.05, 0) is 19.1 Å². The van der Waals surface area contributed by atoms with Crippen LogP contribution in [0.25, 0.3) is 0 Å². The number of anilines is 1. The summed E-state index contributed by atoms with van der Waals surface area (Å²) in [6.07, 6.45) is 0. The summed E-state index contributed by atoms with van der Waals surface area (Å²) in [6.45, 7) is 2.36. The Kier molecular flexibility index (Phi) is 2.72. The topological polar surface area (TPSA) is 20.3 Å². The molecule has 0 unspecified atom stereocenters. The van der Waals surface area contributed by atoms with E-state index in [1.165, 1.54) is 0 Å². The van der Waals surface area contributed by atoms with Gasteiger partial charge in [-0.2, -0.15) is 0 Å². The molecule has 0 aromatic heterocycles. The van der Waals surface area contributed by atoms with E-state index in [1.54, 1.807) is 4.90 Å². The lowest BCUT2D eigenvalue weighted by molar-refractivity contribution is -0.114. The first-order chi connectivity index (χ1) is 7.09. The highest BCUT2D eigenvalue weighted by molar-refractivity contribution is 6.51. The van der Waals surface area contributed by atoms with Crippen molar-refractivity contribution < 1.29 is 4.79 Å². The van der Waals surface area contributed by atoms with Gasteiger partial charge in [-0.25, -0.2) is 0 Å². The van der Waals surface area contributed by atoms with E-state index in [-0.39, 0.29) is 10.9 Å². The van der Waals surface area contributed by atoms with Crippen molar-refractivity contribution >= 4 is 34.8 Å². The maximum absolute atomic E-state index is 11.7. The Morgan fingerprint density at radius 2 is 1.80 bits per heavy atom. The lowest BCUT2D eigenvalue weighted by Gasteiger charge is -2.15. The van der Waals surface area contributed by atoms with Gasteiger partial charge in [0, 0.05) is 5.69 Å². The first-order valence-electron chi connectivity index (χ1n) is 4.52. The van der Waals surface area contributed by atoms with Crippen LogP contribution in [0.1, 0.15) is 5.56 Å². The van der Waals surface area contributed by atoms with Crippen molar-refractivity contribution in [3.63, 3.8) is 0 Å². The average molecular weight is 242 g/mol. The van der Waals surface area contributed by atoms with E-state index in [0.29, 0.717) is 11.6 Å². The van der Waals surface area contributed by atoms with Crippen molar-refractivity contribution in [1.82, 2.24) is 0 Å². The second-order valence-electron chi connectivity index (χ2n) is 3.45. The van der Waals surface area contributed by atoms with Crippen molar-refractivity contribution in [2.24, 2.45) is 0 Å². The van der Waals surface area contributed by atoms with Gasteiger partial charge in [0.1, 0.15) is 5.03 Å². The fourth-order valence-corrected chi connectivity index (χ4v) is 1.81. The van der Waals surface area contributed by atoms with Crippen molar-refractivity contribution in [2.45, 2.75) is 6.92 Å². The predicted molar refractivity (Wildman–Crippen MR) is 62.3 cm³/mol. The van der Waals surface area contributed by atoms with Gasteiger partial charge >= 0.3 is 0 Å². The Morgan fingerprint density at radius 1 is 1.20 bits per heavy atom. The van der Waals surface area contributed by atoms with Crippen LogP contribution in [-0.2, 0) is 4.79 Å². The second kappa shape index (κ2) is 3.87. The summed E-state index contributed by atoms with van der Waals surface area (Å²) in [7, 11) is 0. The van der Waals surface area contributed by atoms with Gasteiger partial charge in [-0.15, -0.1) is 0 Å². The molecule has 4 heteroatoms. The number of carbonyl (C=O) groups is 1. The van der Waals surface area contributed by atoms with Crippen LogP contribution >= 0.6 is 23.2 Å². The van der Waals surface area contributed by atoms with Crippen LogP contribution in [0.2, 0.25) is 0 Å². The quantitative estimate of drug-likeness (QED) is 0.741. The van der Waals surface area contributed by atoms with Crippen molar-refractivity contribution in [3.05, 3.63) is 39.9 Å². The van der Waals surface area contributed by atoms with Crippen LogP contribution in [0, 0.1) is 6.92 Å². The van der Waals surface area contributed by atoms with Crippen LogP contribution in [-0.4, -0.2) is 12.5 Å². The van der Waals surface area contributed by atoms with Gasteiger partial charge in [-0.3, -0.25) is 4.79 Å². The van der Waals surface area contributed by atoms with Crippen LogP contribution in [0.3, 0.4) is 0 Å². The molecule has 0 atom stereocenters. The average Bonchev–Trinajstić information content (AvgIpc) is 2.47.